The number of ether oxygens (including phenoxy) is 1. The van der Waals surface area contributed by atoms with Gasteiger partial charge < -0.3 is 9.64 Å². The first-order chi connectivity index (χ1) is 11.8. The summed E-state index contributed by atoms with van der Waals surface area (Å²) in [7, 11) is -1.53. The molecule has 0 spiro atoms. The van der Waals surface area contributed by atoms with E-state index in [0.29, 0.717) is 23.8 Å². The van der Waals surface area contributed by atoms with Gasteiger partial charge in [0.05, 0.1) is 24.7 Å². The Labute approximate surface area is 149 Å². The van der Waals surface area contributed by atoms with E-state index < -0.39 is 9.84 Å². The molecule has 3 rings (SSSR count). The molecule has 2 heterocycles. The van der Waals surface area contributed by atoms with Crippen LogP contribution in [-0.2, 0) is 9.84 Å². The zero-order valence-electron chi connectivity index (χ0n) is 15.0. The van der Waals surface area contributed by atoms with Gasteiger partial charge in [-0.15, -0.1) is 0 Å². The second-order valence-electron chi connectivity index (χ2n) is 7.33. The van der Waals surface area contributed by atoms with Crippen LogP contribution in [0.25, 0.3) is 0 Å². The number of nitrogens with zero attached hydrogens (tertiary/aromatic N) is 2. The predicted molar refractivity (Wildman–Crippen MR) is 96.7 cm³/mol. The van der Waals surface area contributed by atoms with E-state index in [1.54, 1.807) is 36.3 Å². The average molecular weight is 366 g/mol. The van der Waals surface area contributed by atoms with Gasteiger partial charge in [0, 0.05) is 31.2 Å². The van der Waals surface area contributed by atoms with E-state index in [-0.39, 0.29) is 29.5 Å². The molecule has 0 N–H and O–H groups in total. The van der Waals surface area contributed by atoms with Gasteiger partial charge in [-0.1, -0.05) is 13.8 Å². The highest BCUT2D eigenvalue weighted by Crippen LogP contribution is 2.29. The molecule has 2 atom stereocenters. The number of hydrogen-bond donors (Lipinski definition) is 0. The van der Waals surface area contributed by atoms with Crippen LogP contribution in [-0.4, -0.2) is 74.5 Å². The SMILES string of the molecule is COc1ccc(C(=O)N2CCN(CC(C)C)[C@H]3CS(=O)(=O)C[C@H]32)cc1. The van der Waals surface area contributed by atoms with Crippen LogP contribution in [0.2, 0.25) is 0 Å². The third-order valence-corrected chi connectivity index (χ3v) is 6.69. The molecule has 0 unspecified atom stereocenters. The maximum atomic E-state index is 13.0. The monoisotopic (exact) mass is 366 g/mol. The van der Waals surface area contributed by atoms with E-state index in [1.165, 1.54) is 0 Å². The Morgan fingerprint density at radius 2 is 1.80 bits per heavy atom. The Morgan fingerprint density at radius 3 is 2.40 bits per heavy atom. The minimum atomic E-state index is -3.11. The van der Waals surface area contributed by atoms with Crippen LogP contribution in [0.3, 0.4) is 0 Å². The van der Waals surface area contributed by atoms with Gasteiger partial charge in [-0.25, -0.2) is 8.42 Å². The van der Waals surface area contributed by atoms with Gasteiger partial charge in [-0.3, -0.25) is 9.69 Å². The molecule has 6 nitrogen and oxygen atoms in total. The summed E-state index contributed by atoms with van der Waals surface area (Å²) in [4.78, 5) is 17.0. The lowest BCUT2D eigenvalue weighted by Gasteiger charge is -2.44. The third-order valence-electron chi connectivity index (χ3n) is 4.99. The number of sulfone groups is 1. The van der Waals surface area contributed by atoms with Crippen molar-refractivity contribution in [1.82, 2.24) is 9.80 Å². The highest BCUT2D eigenvalue weighted by Gasteiger charge is 2.48. The van der Waals surface area contributed by atoms with Crippen molar-refractivity contribution in [2.24, 2.45) is 5.92 Å². The molecule has 0 radical (unpaired) electrons. The van der Waals surface area contributed by atoms with Crippen LogP contribution in [0.5, 0.6) is 5.75 Å². The quantitative estimate of drug-likeness (QED) is 0.803. The maximum absolute atomic E-state index is 13.0. The molecule has 138 valence electrons. The number of hydrogen-bond acceptors (Lipinski definition) is 5. The van der Waals surface area contributed by atoms with Crippen molar-refractivity contribution in [1.29, 1.82) is 0 Å². The van der Waals surface area contributed by atoms with E-state index in [2.05, 4.69) is 18.7 Å². The Kier molecular flexibility index (Phi) is 5.06. The van der Waals surface area contributed by atoms with E-state index in [0.717, 1.165) is 13.1 Å². The Morgan fingerprint density at radius 1 is 1.16 bits per heavy atom. The van der Waals surface area contributed by atoms with Crippen molar-refractivity contribution < 1.29 is 17.9 Å². The summed E-state index contributed by atoms with van der Waals surface area (Å²) in [6.45, 7) is 6.41. The molecular formula is C18H26N2O4S. The molecule has 1 amide bonds. The molecule has 2 fully saturated rings. The first kappa shape index (κ1) is 18.2. The molecule has 25 heavy (non-hydrogen) atoms. The van der Waals surface area contributed by atoms with Crippen LogP contribution in [0, 0.1) is 5.92 Å². The number of benzene rings is 1. The smallest absolute Gasteiger partial charge is 0.254 e. The fraction of sp³-hybridized carbons (Fsp3) is 0.611. The molecule has 0 aliphatic carbocycles. The largest absolute Gasteiger partial charge is 0.497 e. The molecule has 0 saturated carbocycles. The second kappa shape index (κ2) is 6.96. The van der Waals surface area contributed by atoms with Crippen molar-refractivity contribution in [2.45, 2.75) is 25.9 Å². The van der Waals surface area contributed by atoms with Crippen LogP contribution in [0.4, 0.5) is 0 Å². The molecule has 7 heteroatoms. The van der Waals surface area contributed by atoms with E-state index in [9.17, 15) is 13.2 Å². The molecule has 2 saturated heterocycles. The molecular weight excluding hydrogens is 340 g/mol. The van der Waals surface area contributed by atoms with E-state index in [4.69, 9.17) is 4.74 Å². The van der Waals surface area contributed by atoms with Gasteiger partial charge in [-0.05, 0) is 30.2 Å². The summed E-state index contributed by atoms with van der Waals surface area (Å²) in [6.07, 6.45) is 0. The number of methoxy groups -OCH3 is 1. The first-order valence-electron chi connectivity index (χ1n) is 8.70. The molecule has 0 bridgehead atoms. The van der Waals surface area contributed by atoms with Crippen LogP contribution in [0.15, 0.2) is 24.3 Å². The highest BCUT2D eigenvalue weighted by molar-refractivity contribution is 7.91. The lowest BCUT2D eigenvalue weighted by atomic mass is 10.0. The fourth-order valence-corrected chi connectivity index (χ4v) is 5.88. The average Bonchev–Trinajstić information content (AvgIpc) is 2.90. The fourth-order valence-electron chi connectivity index (χ4n) is 3.87. The van der Waals surface area contributed by atoms with Crippen molar-refractivity contribution in [2.75, 3.05) is 38.2 Å². The number of amides is 1. The summed E-state index contributed by atoms with van der Waals surface area (Å²) in [5.74, 6) is 1.27. The van der Waals surface area contributed by atoms with Crippen LogP contribution < -0.4 is 4.74 Å². The molecule has 1 aromatic carbocycles. The second-order valence-corrected chi connectivity index (χ2v) is 9.48. The van der Waals surface area contributed by atoms with Gasteiger partial charge in [0.25, 0.3) is 5.91 Å². The van der Waals surface area contributed by atoms with Crippen molar-refractivity contribution in [3.05, 3.63) is 29.8 Å². The van der Waals surface area contributed by atoms with Gasteiger partial charge in [-0.2, -0.15) is 0 Å². The minimum Gasteiger partial charge on any atom is -0.497 e. The standard InChI is InChI=1S/C18H26N2O4S/c1-13(2)10-19-8-9-20(17-12-25(22,23)11-16(17)19)18(21)14-4-6-15(24-3)7-5-14/h4-7,13,16-17H,8-12H2,1-3H3/t16-,17+/m0/s1. The van der Waals surface area contributed by atoms with E-state index in [1.807, 2.05) is 0 Å². The topological polar surface area (TPSA) is 66.9 Å². The summed E-state index contributed by atoms with van der Waals surface area (Å²) in [5, 5.41) is 0. The minimum absolute atomic E-state index is 0.0636. The third kappa shape index (κ3) is 3.82. The first-order valence-corrected chi connectivity index (χ1v) is 10.5. The number of piperazine rings is 1. The lowest BCUT2D eigenvalue weighted by molar-refractivity contribution is 0.0297. The van der Waals surface area contributed by atoms with Crippen LogP contribution in [0.1, 0.15) is 24.2 Å². The van der Waals surface area contributed by atoms with Crippen molar-refractivity contribution >= 4 is 15.7 Å². The summed E-state index contributed by atoms with van der Waals surface area (Å²) >= 11 is 0. The zero-order valence-corrected chi connectivity index (χ0v) is 15.8. The van der Waals surface area contributed by atoms with Gasteiger partial charge in [0.15, 0.2) is 9.84 Å². The number of fused-ring (bicyclic) bond motifs is 1. The normalized spacial score (nSPS) is 25.8. The lowest BCUT2D eigenvalue weighted by Crippen LogP contribution is -2.61. The van der Waals surface area contributed by atoms with Crippen LogP contribution >= 0.6 is 0 Å². The number of rotatable bonds is 4. The summed E-state index contributed by atoms with van der Waals surface area (Å²) in [5.41, 5.74) is 0.571. The summed E-state index contributed by atoms with van der Waals surface area (Å²) in [6, 6.07) is 6.63. The van der Waals surface area contributed by atoms with Crippen molar-refractivity contribution in [3.63, 3.8) is 0 Å². The predicted octanol–water partition coefficient (Wildman–Crippen LogP) is 1.27. The van der Waals surface area contributed by atoms with Gasteiger partial charge in [0.1, 0.15) is 5.75 Å². The van der Waals surface area contributed by atoms with Gasteiger partial charge >= 0.3 is 0 Å². The molecule has 1 aromatic rings. The van der Waals surface area contributed by atoms with E-state index >= 15 is 0 Å². The highest BCUT2D eigenvalue weighted by atomic mass is 32.2. The summed E-state index contributed by atoms with van der Waals surface area (Å²) < 4.78 is 29.6. The molecule has 2 aliphatic rings. The Hall–Kier alpha value is -1.60. The number of carbonyl (C=O) groups is 1. The number of carbonyl (C=O) groups excluding carboxylic acids is 1. The maximum Gasteiger partial charge on any atom is 0.254 e. The van der Waals surface area contributed by atoms with Gasteiger partial charge in [0.2, 0.25) is 0 Å². The zero-order chi connectivity index (χ0) is 18.2. The molecule has 2 aliphatic heterocycles. The molecule has 0 aromatic heterocycles. The Bertz CT molecular complexity index is 730. The Balaban J connectivity index is 1.83. The van der Waals surface area contributed by atoms with Crippen molar-refractivity contribution in [3.8, 4) is 5.75 Å².